The third-order valence-electron chi connectivity index (χ3n) is 4.39. The zero-order valence-electron chi connectivity index (χ0n) is 14.8. The van der Waals surface area contributed by atoms with E-state index in [0.29, 0.717) is 18.3 Å². The van der Waals surface area contributed by atoms with E-state index in [1.54, 1.807) is 18.2 Å². The fourth-order valence-electron chi connectivity index (χ4n) is 2.84. The first-order valence-electron chi connectivity index (χ1n) is 8.81. The minimum atomic E-state index is -0.937. The molecular formula is C22H23NO3. The summed E-state index contributed by atoms with van der Waals surface area (Å²) in [4.78, 5) is 11.1. The number of aryl methyl sites for hydroxylation is 1. The third kappa shape index (κ3) is 4.83. The van der Waals surface area contributed by atoms with E-state index in [1.165, 1.54) is 5.56 Å². The number of hydrogen-bond donors (Lipinski definition) is 2. The second-order valence-corrected chi connectivity index (χ2v) is 6.46. The van der Waals surface area contributed by atoms with Crippen LogP contribution < -0.4 is 5.32 Å². The molecule has 1 aromatic heterocycles. The van der Waals surface area contributed by atoms with Crippen molar-refractivity contribution in [3.8, 4) is 11.3 Å². The summed E-state index contributed by atoms with van der Waals surface area (Å²) in [6.45, 7) is 2.82. The van der Waals surface area contributed by atoms with Gasteiger partial charge in [0.1, 0.15) is 11.5 Å². The summed E-state index contributed by atoms with van der Waals surface area (Å²) in [5.74, 6) is 0.585. The van der Waals surface area contributed by atoms with Gasteiger partial charge in [-0.3, -0.25) is 0 Å². The average Bonchev–Trinajstić information content (AvgIpc) is 3.15. The van der Waals surface area contributed by atoms with E-state index in [9.17, 15) is 4.79 Å². The number of furan rings is 1. The average molecular weight is 349 g/mol. The number of carboxylic acids is 1. The van der Waals surface area contributed by atoms with Gasteiger partial charge in [0.15, 0.2) is 0 Å². The Hall–Kier alpha value is -2.85. The summed E-state index contributed by atoms with van der Waals surface area (Å²) in [7, 11) is 0. The minimum Gasteiger partial charge on any atom is -0.478 e. The Labute approximate surface area is 153 Å². The Balaban J connectivity index is 1.53. The first kappa shape index (κ1) is 18.0. The SMILES string of the molecule is CC(CCc1ccccc1)NCc1ccc(-c2cccc(C(=O)O)c2)o1. The Morgan fingerprint density at radius 3 is 2.65 bits per heavy atom. The number of aromatic carboxylic acids is 1. The van der Waals surface area contributed by atoms with Crippen LogP contribution in [0.15, 0.2) is 71.1 Å². The Kier molecular flexibility index (Phi) is 5.87. The first-order valence-corrected chi connectivity index (χ1v) is 8.81. The highest BCUT2D eigenvalue weighted by molar-refractivity contribution is 5.89. The molecule has 3 aromatic rings. The van der Waals surface area contributed by atoms with Crippen molar-refractivity contribution in [1.82, 2.24) is 5.32 Å². The van der Waals surface area contributed by atoms with Gasteiger partial charge in [0.2, 0.25) is 0 Å². The number of benzene rings is 2. The Morgan fingerprint density at radius 1 is 1.08 bits per heavy atom. The second-order valence-electron chi connectivity index (χ2n) is 6.46. The molecule has 0 amide bonds. The van der Waals surface area contributed by atoms with Crippen LogP contribution in [-0.2, 0) is 13.0 Å². The highest BCUT2D eigenvalue weighted by atomic mass is 16.4. The fraction of sp³-hybridized carbons (Fsp3) is 0.227. The quantitative estimate of drug-likeness (QED) is 0.616. The maximum Gasteiger partial charge on any atom is 0.335 e. The molecule has 134 valence electrons. The van der Waals surface area contributed by atoms with Gasteiger partial charge < -0.3 is 14.8 Å². The van der Waals surface area contributed by atoms with Gasteiger partial charge in [-0.1, -0.05) is 42.5 Å². The van der Waals surface area contributed by atoms with Crippen LogP contribution in [0, 0.1) is 0 Å². The summed E-state index contributed by atoms with van der Waals surface area (Å²) in [6, 6.07) is 21.4. The number of carbonyl (C=O) groups is 1. The molecule has 26 heavy (non-hydrogen) atoms. The molecule has 4 nitrogen and oxygen atoms in total. The summed E-state index contributed by atoms with van der Waals surface area (Å²) in [5.41, 5.74) is 2.38. The molecule has 1 atom stereocenters. The predicted octanol–water partition coefficient (Wildman–Crippen LogP) is 4.76. The van der Waals surface area contributed by atoms with Gasteiger partial charge in [-0.15, -0.1) is 0 Å². The van der Waals surface area contributed by atoms with E-state index in [2.05, 4.69) is 36.5 Å². The van der Waals surface area contributed by atoms with E-state index in [-0.39, 0.29) is 5.56 Å². The van der Waals surface area contributed by atoms with Gasteiger partial charge in [0, 0.05) is 11.6 Å². The van der Waals surface area contributed by atoms with Gasteiger partial charge in [-0.2, -0.15) is 0 Å². The maximum absolute atomic E-state index is 11.1. The topological polar surface area (TPSA) is 62.5 Å². The highest BCUT2D eigenvalue weighted by Gasteiger charge is 2.09. The van der Waals surface area contributed by atoms with Crippen LogP contribution in [0.4, 0.5) is 0 Å². The molecule has 0 aliphatic heterocycles. The van der Waals surface area contributed by atoms with Crippen LogP contribution in [0.3, 0.4) is 0 Å². The molecule has 0 aliphatic carbocycles. The Bertz CT molecular complexity index is 855. The zero-order chi connectivity index (χ0) is 18.4. The zero-order valence-corrected chi connectivity index (χ0v) is 14.8. The second kappa shape index (κ2) is 8.50. The van der Waals surface area contributed by atoms with Crippen molar-refractivity contribution in [3.05, 3.63) is 83.6 Å². The summed E-state index contributed by atoms with van der Waals surface area (Å²) in [5, 5.41) is 12.6. The van der Waals surface area contributed by atoms with E-state index >= 15 is 0 Å². The first-order chi connectivity index (χ1) is 12.6. The maximum atomic E-state index is 11.1. The molecule has 0 bridgehead atoms. The van der Waals surface area contributed by atoms with E-state index in [1.807, 2.05) is 24.3 Å². The molecule has 0 fully saturated rings. The van der Waals surface area contributed by atoms with Crippen LogP contribution in [0.1, 0.15) is 35.0 Å². The van der Waals surface area contributed by atoms with Crippen LogP contribution in [0.25, 0.3) is 11.3 Å². The van der Waals surface area contributed by atoms with Gasteiger partial charge in [-0.05, 0) is 49.6 Å². The number of carboxylic acid groups (broad SMARTS) is 1. The van der Waals surface area contributed by atoms with Crippen molar-refractivity contribution in [2.45, 2.75) is 32.4 Å². The van der Waals surface area contributed by atoms with Gasteiger partial charge >= 0.3 is 5.97 Å². The summed E-state index contributed by atoms with van der Waals surface area (Å²) < 4.78 is 5.86. The highest BCUT2D eigenvalue weighted by Crippen LogP contribution is 2.23. The molecule has 2 aromatic carbocycles. The van der Waals surface area contributed by atoms with E-state index < -0.39 is 5.97 Å². The van der Waals surface area contributed by atoms with E-state index in [4.69, 9.17) is 9.52 Å². The molecule has 3 rings (SSSR count). The van der Waals surface area contributed by atoms with Crippen molar-refractivity contribution >= 4 is 5.97 Å². The molecule has 0 aliphatic rings. The van der Waals surface area contributed by atoms with Crippen LogP contribution >= 0.6 is 0 Å². The van der Waals surface area contributed by atoms with Crippen molar-refractivity contribution < 1.29 is 14.3 Å². The molecule has 1 heterocycles. The van der Waals surface area contributed by atoms with Crippen LogP contribution in [0.5, 0.6) is 0 Å². The molecule has 4 heteroatoms. The van der Waals surface area contributed by atoms with Crippen molar-refractivity contribution in [2.24, 2.45) is 0 Å². The monoisotopic (exact) mass is 349 g/mol. The fourth-order valence-corrected chi connectivity index (χ4v) is 2.84. The lowest BCUT2D eigenvalue weighted by Gasteiger charge is -2.12. The lowest BCUT2D eigenvalue weighted by atomic mass is 10.1. The summed E-state index contributed by atoms with van der Waals surface area (Å²) in [6.07, 6.45) is 2.10. The smallest absolute Gasteiger partial charge is 0.335 e. The molecular weight excluding hydrogens is 326 g/mol. The number of rotatable bonds is 8. The van der Waals surface area contributed by atoms with Crippen LogP contribution in [0.2, 0.25) is 0 Å². The normalized spacial score (nSPS) is 12.0. The number of hydrogen-bond acceptors (Lipinski definition) is 3. The minimum absolute atomic E-state index is 0.258. The van der Waals surface area contributed by atoms with E-state index in [0.717, 1.165) is 24.2 Å². The van der Waals surface area contributed by atoms with Crippen molar-refractivity contribution in [3.63, 3.8) is 0 Å². The van der Waals surface area contributed by atoms with Gasteiger partial charge in [0.25, 0.3) is 0 Å². The number of nitrogens with one attached hydrogen (secondary N) is 1. The van der Waals surface area contributed by atoms with Crippen LogP contribution in [-0.4, -0.2) is 17.1 Å². The van der Waals surface area contributed by atoms with Gasteiger partial charge in [-0.25, -0.2) is 4.79 Å². The van der Waals surface area contributed by atoms with Gasteiger partial charge in [0.05, 0.1) is 12.1 Å². The van der Waals surface area contributed by atoms with Crippen molar-refractivity contribution in [2.75, 3.05) is 0 Å². The summed E-state index contributed by atoms with van der Waals surface area (Å²) >= 11 is 0. The lowest BCUT2D eigenvalue weighted by molar-refractivity contribution is 0.0697. The molecule has 0 saturated heterocycles. The standard InChI is InChI=1S/C22H23NO3/c1-16(10-11-17-6-3-2-4-7-17)23-15-20-12-13-21(26-20)18-8-5-9-19(14-18)22(24)25/h2-9,12-14,16,23H,10-11,15H2,1H3,(H,24,25). The molecule has 1 unspecified atom stereocenters. The Morgan fingerprint density at radius 2 is 1.88 bits per heavy atom. The van der Waals surface area contributed by atoms with Crippen molar-refractivity contribution in [1.29, 1.82) is 0 Å². The molecule has 2 N–H and O–H groups in total. The molecule has 0 spiro atoms. The predicted molar refractivity (Wildman–Crippen MR) is 102 cm³/mol. The largest absolute Gasteiger partial charge is 0.478 e. The lowest BCUT2D eigenvalue weighted by Crippen LogP contribution is -2.25. The molecule has 0 radical (unpaired) electrons. The molecule has 0 saturated carbocycles. The third-order valence-corrected chi connectivity index (χ3v) is 4.39.